The zero-order valence-electron chi connectivity index (χ0n) is 11.4. The van der Waals surface area contributed by atoms with Crippen molar-refractivity contribution in [1.82, 2.24) is 5.32 Å². The molecule has 0 bridgehead atoms. The zero-order chi connectivity index (χ0) is 13.8. The van der Waals surface area contributed by atoms with Crippen LogP contribution in [0, 0.1) is 0 Å². The van der Waals surface area contributed by atoms with Gasteiger partial charge in [-0.15, -0.1) is 0 Å². The van der Waals surface area contributed by atoms with Crippen LogP contribution in [0.2, 0.25) is 0 Å². The fourth-order valence-corrected chi connectivity index (χ4v) is 1.70. The highest BCUT2D eigenvalue weighted by Gasteiger charge is 1.94. The van der Waals surface area contributed by atoms with Crippen molar-refractivity contribution in [3.63, 3.8) is 0 Å². The van der Waals surface area contributed by atoms with Crippen molar-refractivity contribution in [2.45, 2.75) is 6.42 Å². The van der Waals surface area contributed by atoms with Gasteiger partial charge in [0.15, 0.2) is 0 Å². The molecule has 0 spiro atoms. The maximum absolute atomic E-state index is 5.59. The lowest BCUT2D eigenvalue weighted by Gasteiger charge is -2.08. The first-order valence-electron chi connectivity index (χ1n) is 6.48. The summed E-state index contributed by atoms with van der Waals surface area (Å²) in [6.07, 6.45) is 1.00. The number of ether oxygens (including phenoxy) is 3. The van der Waals surface area contributed by atoms with Gasteiger partial charge < -0.3 is 19.5 Å². The minimum absolute atomic E-state index is 0.661. The van der Waals surface area contributed by atoms with Crippen molar-refractivity contribution in [2.75, 3.05) is 46.6 Å². The Morgan fingerprint density at radius 3 is 2.53 bits per heavy atom. The molecule has 0 saturated carbocycles. The van der Waals surface area contributed by atoms with Gasteiger partial charge in [0.1, 0.15) is 12.4 Å². The standard InChI is InChI=1S/C14H22BrNO3/c1-17-11-12-18-9-2-7-16-8-10-19-14-5-3-13(15)4-6-14/h3-6,16H,2,7-12H2,1H3. The van der Waals surface area contributed by atoms with Crippen LogP contribution in [-0.2, 0) is 9.47 Å². The molecule has 0 heterocycles. The van der Waals surface area contributed by atoms with E-state index in [0.717, 1.165) is 36.3 Å². The van der Waals surface area contributed by atoms with Gasteiger partial charge in [-0.05, 0) is 37.2 Å². The summed E-state index contributed by atoms with van der Waals surface area (Å²) < 4.78 is 16.9. The van der Waals surface area contributed by atoms with E-state index in [1.807, 2.05) is 24.3 Å². The molecule has 0 fully saturated rings. The van der Waals surface area contributed by atoms with Gasteiger partial charge in [0.25, 0.3) is 0 Å². The molecule has 0 aromatic heterocycles. The number of benzene rings is 1. The van der Waals surface area contributed by atoms with Gasteiger partial charge in [0, 0.05) is 24.7 Å². The number of rotatable bonds is 11. The molecule has 1 aromatic carbocycles. The van der Waals surface area contributed by atoms with E-state index in [2.05, 4.69) is 21.2 Å². The van der Waals surface area contributed by atoms with Crippen LogP contribution in [0.15, 0.2) is 28.7 Å². The maximum Gasteiger partial charge on any atom is 0.119 e. The van der Waals surface area contributed by atoms with Gasteiger partial charge in [-0.25, -0.2) is 0 Å². The van der Waals surface area contributed by atoms with Crippen molar-refractivity contribution in [3.05, 3.63) is 28.7 Å². The van der Waals surface area contributed by atoms with Gasteiger partial charge in [-0.2, -0.15) is 0 Å². The van der Waals surface area contributed by atoms with E-state index < -0.39 is 0 Å². The predicted molar refractivity (Wildman–Crippen MR) is 79.8 cm³/mol. The second kappa shape index (κ2) is 11.2. The first kappa shape index (κ1) is 16.4. The lowest BCUT2D eigenvalue weighted by Crippen LogP contribution is -2.23. The minimum atomic E-state index is 0.661. The quantitative estimate of drug-likeness (QED) is 0.632. The Kier molecular flexibility index (Phi) is 9.71. The Balaban J connectivity index is 1.87. The molecule has 19 heavy (non-hydrogen) atoms. The molecule has 0 aliphatic heterocycles. The second-order valence-electron chi connectivity index (χ2n) is 4.01. The Morgan fingerprint density at radius 1 is 1.00 bits per heavy atom. The molecule has 4 nitrogen and oxygen atoms in total. The van der Waals surface area contributed by atoms with Crippen LogP contribution >= 0.6 is 15.9 Å². The molecule has 5 heteroatoms. The van der Waals surface area contributed by atoms with E-state index in [-0.39, 0.29) is 0 Å². The van der Waals surface area contributed by atoms with E-state index in [0.29, 0.717) is 19.8 Å². The number of hydrogen-bond acceptors (Lipinski definition) is 4. The SMILES string of the molecule is COCCOCCCNCCOc1ccc(Br)cc1. The molecule has 0 aliphatic rings. The first-order valence-corrected chi connectivity index (χ1v) is 7.28. The Labute approximate surface area is 123 Å². The summed E-state index contributed by atoms with van der Waals surface area (Å²) in [6, 6.07) is 7.85. The molecule has 0 atom stereocenters. The first-order chi connectivity index (χ1) is 9.33. The molecule has 0 saturated heterocycles. The van der Waals surface area contributed by atoms with Crippen LogP contribution < -0.4 is 10.1 Å². The Bertz CT molecular complexity index is 319. The summed E-state index contributed by atoms with van der Waals surface area (Å²) in [5.41, 5.74) is 0. The number of halogens is 1. The lowest BCUT2D eigenvalue weighted by molar-refractivity contribution is 0.0694. The minimum Gasteiger partial charge on any atom is -0.492 e. The third kappa shape index (κ3) is 8.99. The normalized spacial score (nSPS) is 10.6. The van der Waals surface area contributed by atoms with E-state index in [4.69, 9.17) is 14.2 Å². The maximum atomic E-state index is 5.59. The molecule has 0 amide bonds. The molecular weight excluding hydrogens is 310 g/mol. The third-order valence-electron chi connectivity index (χ3n) is 2.44. The van der Waals surface area contributed by atoms with Crippen molar-refractivity contribution in [3.8, 4) is 5.75 Å². The predicted octanol–water partition coefficient (Wildman–Crippen LogP) is 2.47. The summed E-state index contributed by atoms with van der Waals surface area (Å²) in [6.45, 7) is 4.55. The molecule has 0 radical (unpaired) electrons. The van der Waals surface area contributed by atoms with Crippen molar-refractivity contribution < 1.29 is 14.2 Å². The summed E-state index contributed by atoms with van der Waals surface area (Å²) in [7, 11) is 1.68. The summed E-state index contributed by atoms with van der Waals surface area (Å²) in [5.74, 6) is 0.896. The third-order valence-corrected chi connectivity index (χ3v) is 2.96. The van der Waals surface area contributed by atoms with Crippen LogP contribution in [-0.4, -0.2) is 46.6 Å². The smallest absolute Gasteiger partial charge is 0.119 e. The van der Waals surface area contributed by atoms with Gasteiger partial charge in [-0.3, -0.25) is 0 Å². The molecule has 1 aromatic rings. The highest BCUT2D eigenvalue weighted by atomic mass is 79.9. The Morgan fingerprint density at radius 2 is 1.79 bits per heavy atom. The monoisotopic (exact) mass is 331 g/mol. The summed E-state index contributed by atoms with van der Waals surface area (Å²) >= 11 is 3.39. The van der Waals surface area contributed by atoms with E-state index in [1.54, 1.807) is 7.11 Å². The molecular formula is C14H22BrNO3. The fraction of sp³-hybridized carbons (Fsp3) is 0.571. The van der Waals surface area contributed by atoms with E-state index in [1.165, 1.54) is 0 Å². The van der Waals surface area contributed by atoms with Crippen molar-refractivity contribution in [1.29, 1.82) is 0 Å². The largest absolute Gasteiger partial charge is 0.492 e. The molecule has 0 unspecified atom stereocenters. The van der Waals surface area contributed by atoms with Crippen LogP contribution in [0.4, 0.5) is 0 Å². The van der Waals surface area contributed by atoms with Gasteiger partial charge >= 0.3 is 0 Å². The van der Waals surface area contributed by atoms with Crippen molar-refractivity contribution >= 4 is 15.9 Å². The number of nitrogens with one attached hydrogen (secondary N) is 1. The van der Waals surface area contributed by atoms with E-state index >= 15 is 0 Å². The second-order valence-corrected chi connectivity index (χ2v) is 4.93. The van der Waals surface area contributed by atoms with Crippen LogP contribution in [0.5, 0.6) is 5.75 Å². The number of hydrogen-bond donors (Lipinski definition) is 1. The number of methoxy groups -OCH3 is 1. The van der Waals surface area contributed by atoms with Crippen LogP contribution in [0.25, 0.3) is 0 Å². The van der Waals surface area contributed by atoms with Gasteiger partial charge in [-0.1, -0.05) is 15.9 Å². The zero-order valence-corrected chi connectivity index (χ0v) is 12.9. The van der Waals surface area contributed by atoms with Gasteiger partial charge in [0.05, 0.1) is 13.2 Å². The highest BCUT2D eigenvalue weighted by Crippen LogP contribution is 2.15. The summed E-state index contributed by atoms with van der Waals surface area (Å²) in [4.78, 5) is 0. The summed E-state index contributed by atoms with van der Waals surface area (Å²) in [5, 5.41) is 3.31. The Hall–Kier alpha value is -0.620. The fourth-order valence-electron chi connectivity index (χ4n) is 1.44. The molecule has 108 valence electrons. The average Bonchev–Trinajstić information content (AvgIpc) is 2.43. The average molecular weight is 332 g/mol. The van der Waals surface area contributed by atoms with Crippen molar-refractivity contribution in [2.24, 2.45) is 0 Å². The molecule has 1 rings (SSSR count). The van der Waals surface area contributed by atoms with Crippen LogP contribution in [0.1, 0.15) is 6.42 Å². The highest BCUT2D eigenvalue weighted by molar-refractivity contribution is 9.10. The van der Waals surface area contributed by atoms with Crippen LogP contribution in [0.3, 0.4) is 0 Å². The van der Waals surface area contributed by atoms with E-state index in [9.17, 15) is 0 Å². The molecule has 1 N–H and O–H groups in total. The van der Waals surface area contributed by atoms with Gasteiger partial charge in [0.2, 0.25) is 0 Å². The molecule has 0 aliphatic carbocycles. The topological polar surface area (TPSA) is 39.7 Å². The lowest BCUT2D eigenvalue weighted by atomic mass is 10.3.